The number of halogens is 2. The molecule has 0 heterocycles. The van der Waals surface area contributed by atoms with Crippen LogP contribution in [0.3, 0.4) is 0 Å². The molecular formula is C7H12F2O2S. The van der Waals surface area contributed by atoms with Gasteiger partial charge in [-0.25, -0.2) is 4.39 Å². The van der Waals surface area contributed by atoms with E-state index in [1.54, 1.807) is 0 Å². The van der Waals surface area contributed by atoms with Gasteiger partial charge < -0.3 is 0 Å². The summed E-state index contributed by atoms with van der Waals surface area (Å²) < 4.78 is 45.3. The molecule has 1 fully saturated rings. The first-order valence-corrected chi connectivity index (χ1v) is 5.59. The van der Waals surface area contributed by atoms with Crippen LogP contribution in [-0.4, -0.2) is 20.3 Å². The van der Waals surface area contributed by atoms with E-state index in [1.165, 1.54) is 0 Å². The van der Waals surface area contributed by atoms with Gasteiger partial charge in [0, 0.05) is 0 Å². The van der Waals surface area contributed by atoms with Crippen LogP contribution in [0.25, 0.3) is 0 Å². The van der Waals surface area contributed by atoms with E-state index >= 15 is 0 Å². The second-order valence-corrected chi connectivity index (χ2v) is 4.75. The molecule has 0 aromatic rings. The van der Waals surface area contributed by atoms with Gasteiger partial charge >= 0.3 is 10.2 Å². The maximum atomic E-state index is 12.7. The first-order chi connectivity index (χ1) is 5.47. The minimum atomic E-state index is -4.41. The van der Waals surface area contributed by atoms with Crippen LogP contribution in [0.1, 0.15) is 25.7 Å². The molecule has 2 atom stereocenters. The van der Waals surface area contributed by atoms with Crippen LogP contribution in [0.4, 0.5) is 8.28 Å². The second kappa shape index (κ2) is 3.68. The van der Waals surface area contributed by atoms with Crippen molar-refractivity contribution < 1.29 is 16.7 Å². The molecule has 1 aliphatic rings. The molecule has 0 N–H and O–H groups in total. The van der Waals surface area contributed by atoms with Gasteiger partial charge in [0.2, 0.25) is 0 Å². The van der Waals surface area contributed by atoms with Gasteiger partial charge in [0.1, 0.15) is 6.17 Å². The molecule has 2 unspecified atom stereocenters. The molecule has 2 nitrogen and oxygen atoms in total. The molecule has 1 aliphatic carbocycles. The van der Waals surface area contributed by atoms with Crippen LogP contribution in [-0.2, 0) is 10.2 Å². The summed E-state index contributed by atoms with van der Waals surface area (Å²) in [5.74, 6) is -0.823. The maximum Gasteiger partial charge on any atom is 0.302 e. The van der Waals surface area contributed by atoms with Crippen LogP contribution in [0.5, 0.6) is 0 Å². The predicted octanol–water partition coefficient (Wildman–Crippen LogP) is 1.81. The second-order valence-electron chi connectivity index (χ2n) is 3.34. The minimum Gasteiger partial charge on any atom is -0.247 e. The molecule has 0 spiro atoms. The van der Waals surface area contributed by atoms with E-state index in [1.807, 2.05) is 0 Å². The summed E-state index contributed by atoms with van der Waals surface area (Å²) in [4.78, 5) is 0. The molecule has 0 aromatic carbocycles. The zero-order valence-electron chi connectivity index (χ0n) is 6.67. The van der Waals surface area contributed by atoms with Crippen LogP contribution in [0.2, 0.25) is 0 Å². The predicted molar refractivity (Wildman–Crippen MR) is 41.7 cm³/mol. The standard InChI is InChI=1S/C7H12F2O2S/c8-7-3-1-2-6(4-7)5-12(9,10)11/h6-7H,1-5H2. The number of rotatable bonds is 2. The SMILES string of the molecule is O=S(=O)(F)CC1CCCC(F)C1. The Hall–Kier alpha value is -0.190. The van der Waals surface area contributed by atoms with Crippen molar-refractivity contribution in [2.24, 2.45) is 5.92 Å². The smallest absolute Gasteiger partial charge is 0.247 e. The molecule has 0 aromatic heterocycles. The maximum absolute atomic E-state index is 12.7. The fourth-order valence-corrected chi connectivity index (χ4v) is 2.52. The lowest BCUT2D eigenvalue weighted by molar-refractivity contribution is 0.208. The Morgan fingerprint density at radius 2 is 2.00 bits per heavy atom. The zero-order chi connectivity index (χ0) is 9.19. The highest BCUT2D eigenvalue weighted by Gasteiger charge is 2.25. The van der Waals surface area contributed by atoms with Gasteiger partial charge in [0.15, 0.2) is 0 Å². The van der Waals surface area contributed by atoms with Gasteiger partial charge in [-0.2, -0.15) is 8.42 Å². The third-order valence-electron chi connectivity index (χ3n) is 2.15. The molecule has 0 aliphatic heterocycles. The average Bonchev–Trinajstić information content (AvgIpc) is 1.82. The lowest BCUT2D eigenvalue weighted by Gasteiger charge is -2.22. The highest BCUT2D eigenvalue weighted by atomic mass is 32.3. The third kappa shape index (κ3) is 3.47. The Morgan fingerprint density at radius 1 is 1.33 bits per heavy atom. The van der Waals surface area contributed by atoms with E-state index < -0.39 is 22.1 Å². The lowest BCUT2D eigenvalue weighted by atomic mass is 9.89. The van der Waals surface area contributed by atoms with Crippen LogP contribution < -0.4 is 0 Å². The van der Waals surface area contributed by atoms with Gasteiger partial charge in [0.25, 0.3) is 0 Å². The van der Waals surface area contributed by atoms with Crippen molar-refractivity contribution in [2.45, 2.75) is 31.9 Å². The lowest BCUT2D eigenvalue weighted by Crippen LogP contribution is -2.21. The van der Waals surface area contributed by atoms with Crippen molar-refractivity contribution in [3.05, 3.63) is 0 Å². The Morgan fingerprint density at radius 3 is 2.50 bits per heavy atom. The quantitative estimate of drug-likeness (QED) is 0.634. The van der Waals surface area contributed by atoms with Gasteiger partial charge in [-0.15, -0.1) is 3.89 Å². The first-order valence-electron chi connectivity index (χ1n) is 4.04. The van der Waals surface area contributed by atoms with Gasteiger partial charge in [-0.05, 0) is 25.2 Å². The summed E-state index contributed by atoms with van der Waals surface area (Å²) in [6.07, 6.45) is 1.04. The van der Waals surface area contributed by atoms with Crippen molar-refractivity contribution in [2.75, 3.05) is 5.75 Å². The third-order valence-corrected chi connectivity index (χ3v) is 3.02. The summed E-state index contributed by atoms with van der Waals surface area (Å²) in [5, 5.41) is 0. The Kier molecular flexibility index (Phi) is 3.04. The molecule has 1 saturated carbocycles. The Balaban J connectivity index is 2.43. The van der Waals surface area contributed by atoms with Crippen molar-refractivity contribution in [1.29, 1.82) is 0 Å². The average molecular weight is 198 g/mol. The Bertz CT molecular complexity index is 238. The normalized spacial score (nSPS) is 31.8. The largest absolute Gasteiger partial charge is 0.302 e. The monoisotopic (exact) mass is 198 g/mol. The number of alkyl halides is 1. The molecule has 72 valence electrons. The molecule has 0 radical (unpaired) electrons. The van der Waals surface area contributed by atoms with E-state index in [9.17, 15) is 16.7 Å². The number of hydrogen-bond donors (Lipinski definition) is 0. The zero-order valence-corrected chi connectivity index (χ0v) is 7.49. The van der Waals surface area contributed by atoms with E-state index in [0.29, 0.717) is 19.3 Å². The van der Waals surface area contributed by atoms with E-state index in [2.05, 4.69) is 0 Å². The summed E-state index contributed by atoms with van der Waals surface area (Å²) >= 11 is 0. The number of hydrogen-bond acceptors (Lipinski definition) is 2. The molecular weight excluding hydrogens is 186 g/mol. The fraction of sp³-hybridized carbons (Fsp3) is 1.00. The molecule has 0 bridgehead atoms. The fourth-order valence-electron chi connectivity index (χ4n) is 1.66. The Labute approximate surface area is 71.2 Å². The van der Waals surface area contributed by atoms with E-state index in [4.69, 9.17) is 0 Å². The van der Waals surface area contributed by atoms with Crippen LogP contribution in [0.15, 0.2) is 0 Å². The van der Waals surface area contributed by atoms with Gasteiger partial charge in [-0.1, -0.05) is 6.42 Å². The van der Waals surface area contributed by atoms with Gasteiger partial charge in [0.05, 0.1) is 5.75 Å². The highest BCUT2D eigenvalue weighted by molar-refractivity contribution is 7.86. The summed E-state index contributed by atoms with van der Waals surface area (Å²) in [7, 11) is -4.41. The van der Waals surface area contributed by atoms with E-state index in [0.717, 1.165) is 0 Å². The van der Waals surface area contributed by atoms with Crippen LogP contribution >= 0.6 is 0 Å². The first kappa shape index (κ1) is 9.89. The highest BCUT2D eigenvalue weighted by Crippen LogP contribution is 2.27. The topological polar surface area (TPSA) is 34.1 Å². The molecule has 5 heteroatoms. The molecule has 0 saturated heterocycles. The van der Waals surface area contributed by atoms with Crippen molar-refractivity contribution in [3.63, 3.8) is 0 Å². The molecule has 1 rings (SSSR count). The molecule has 12 heavy (non-hydrogen) atoms. The minimum absolute atomic E-state index is 0.198. The van der Waals surface area contributed by atoms with Crippen LogP contribution in [0, 0.1) is 5.92 Å². The van der Waals surface area contributed by atoms with Crippen molar-refractivity contribution in [3.8, 4) is 0 Å². The van der Waals surface area contributed by atoms with Crippen molar-refractivity contribution >= 4 is 10.2 Å². The summed E-state index contributed by atoms with van der Waals surface area (Å²) in [5.41, 5.74) is 0. The summed E-state index contributed by atoms with van der Waals surface area (Å²) in [6.45, 7) is 0. The summed E-state index contributed by atoms with van der Waals surface area (Å²) in [6, 6.07) is 0. The van der Waals surface area contributed by atoms with Gasteiger partial charge in [-0.3, -0.25) is 0 Å². The van der Waals surface area contributed by atoms with E-state index in [-0.39, 0.29) is 12.3 Å². The van der Waals surface area contributed by atoms with Crippen molar-refractivity contribution in [1.82, 2.24) is 0 Å². The molecule has 0 amide bonds.